The van der Waals surface area contributed by atoms with Gasteiger partial charge >= 0.3 is 0 Å². The van der Waals surface area contributed by atoms with Gasteiger partial charge < -0.3 is 10.6 Å². The highest BCUT2D eigenvalue weighted by atomic mass is 127. The summed E-state index contributed by atoms with van der Waals surface area (Å²) in [6, 6.07) is 7.28. The number of halogens is 2. The molecule has 5 heteroatoms. The molecule has 2 N–H and O–H groups in total. The van der Waals surface area contributed by atoms with Crippen LogP contribution in [-0.2, 0) is 5.41 Å². The molecular formula is C15H23FIN3. The molecule has 112 valence electrons. The molecule has 0 spiro atoms. The third-order valence-corrected chi connectivity index (χ3v) is 3.53. The molecule has 20 heavy (non-hydrogen) atoms. The lowest BCUT2D eigenvalue weighted by atomic mass is 9.96. The number of benzene rings is 1. The molecule has 1 saturated carbocycles. The third-order valence-electron chi connectivity index (χ3n) is 3.53. The van der Waals surface area contributed by atoms with Crippen molar-refractivity contribution in [2.45, 2.75) is 38.1 Å². The Bertz CT molecular complexity index is 470. The van der Waals surface area contributed by atoms with Crippen LogP contribution in [0, 0.1) is 5.82 Å². The number of guanidine groups is 1. The second-order valence-electron chi connectivity index (χ2n) is 5.52. The Hall–Kier alpha value is -0.850. The maximum Gasteiger partial charge on any atom is 0.191 e. The minimum atomic E-state index is -0.159. The molecule has 1 aromatic carbocycles. The van der Waals surface area contributed by atoms with E-state index in [0.29, 0.717) is 6.04 Å². The average Bonchev–Trinajstić information content (AvgIpc) is 3.15. The molecule has 1 aliphatic rings. The van der Waals surface area contributed by atoms with Crippen LogP contribution >= 0.6 is 24.0 Å². The van der Waals surface area contributed by atoms with Crippen LogP contribution in [0.3, 0.4) is 0 Å². The van der Waals surface area contributed by atoms with Crippen LogP contribution < -0.4 is 10.6 Å². The molecule has 2 rings (SSSR count). The summed E-state index contributed by atoms with van der Waals surface area (Å²) in [7, 11) is 1.76. The van der Waals surface area contributed by atoms with Crippen LogP contribution in [-0.4, -0.2) is 25.6 Å². The summed E-state index contributed by atoms with van der Waals surface area (Å²) in [4.78, 5) is 4.19. The van der Waals surface area contributed by atoms with Crippen molar-refractivity contribution >= 4 is 29.9 Å². The standard InChI is InChI=1S/C15H22FN3.HI/c1-11(2)19-14(17-3)18-10-15(7-8-15)12-5-4-6-13(16)9-12;/h4-6,9,11H,7-8,10H2,1-3H3,(H2,17,18,19);1H. The fourth-order valence-corrected chi connectivity index (χ4v) is 2.26. The number of hydrogen-bond acceptors (Lipinski definition) is 1. The van der Waals surface area contributed by atoms with Crippen molar-refractivity contribution in [2.24, 2.45) is 4.99 Å². The van der Waals surface area contributed by atoms with Gasteiger partial charge in [0.1, 0.15) is 5.82 Å². The van der Waals surface area contributed by atoms with Crippen molar-refractivity contribution in [2.75, 3.05) is 13.6 Å². The Kier molecular flexibility index (Phi) is 6.23. The number of nitrogens with one attached hydrogen (secondary N) is 2. The van der Waals surface area contributed by atoms with Gasteiger partial charge in [0.15, 0.2) is 5.96 Å². The first-order valence-corrected chi connectivity index (χ1v) is 6.79. The Balaban J connectivity index is 0.00000200. The quantitative estimate of drug-likeness (QED) is 0.470. The van der Waals surface area contributed by atoms with E-state index in [4.69, 9.17) is 0 Å². The molecule has 0 bridgehead atoms. The van der Waals surface area contributed by atoms with Crippen molar-refractivity contribution in [1.82, 2.24) is 10.6 Å². The number of hydrogen-bond donors (Lipinski definition) is 2. The van der Waals surface area contributed by atoms with Gasteiger partial charge in [0, 0.05) is 25.0 Å². The predicted molar refractivity (Wildman–Crippen MR) is 92.4 cm³/mol. The molecule has 0 unspecified atom stereocenters. The smallest absolute Gasteiger partial charge is 0.191 e. The second kappa shape index (κ2) is 7.24. The van der Waals surface area contributed by atoms with E-state index in [1.165, 1.54) is 6.07 Å². The van der Waals surface area contributed by atoms with Gasteiger partial charge in [-0.25, -0.2) is 4.39 Å². The van der Waals surface area contributed by atoms with Gasteiger partial charge in [-0.15, -0.1) is 24.0 Å². The molecule has 0 aliphatic heterocycles. The second-order valence-corrected chi connectivity index (χ2v) is 5.52. The fraction of sp³-hybridized carbons (Fsp3) is 0.533. The molecule has 0 aromatic heterocycles. The van der Waals surface area contributed by atoms with Crippen LogP contribution in [0.25, 0.3) is 0 Å². The molecule has 0 radical (unpaired) electrons. The fourth-order valence-electron chi connectivity index (χ4n) is 2.26. The van der Waals surface area contributed by atoms with E-state index in [1.54, 1.807) is 19.2 Å². The lowest BCUT2D eigenvalue weighted by molar-refractivity contribution is 0.603. The average molecular weight is 391 g/mol. The van der Waals surface area contributed by atoms with E-state index >= 15 is 0 Å². The maximum atomic E-state index is 13.3. The Morgan fingerprint density at radius 1 is 1.40 bits per heavy atom. The van der Waals surface area contributed by atoms with Gasteiger partial charge in [-0.2, -0.15) is 0 Å². The minimum absolute atomic E-state index is 0. The number of aliphatic imine (C=N–C) groups is 1. The maximum absolute atomic E-state index is 13.3. The minimum Gasteiger partial charge on any atom is -0.356 e. The van der Waals surface area contributed by atoms with Crippen molar-refractivity contribution in [3.8, 4) is 0 Å². The molecule has 0 saturated heterocycles. The molecule has 1 fully saturated rings. The number of rotatable bonds is 4. The van der Waals surface area contributed by atoms with Gasteiger partial charge in [0.05, 0.1) is 0 Å². The zero-order valence-corrected chi connectivity index (χ0v) is 14.6. The summed E-state index contributed by atoms with van der Waals surface area (Å²) in [6.45, 7) is 4.95. The lowest BCUT2D eigenvalue weighted by Gasteiger charge is -2.20. The highest BCUT2D eigenvalue weighted by Gasteiger charge is 2.44. The predicted octanol–water partition coefficient (Wildman–Crippen LogP) is 3.05. The normalized spacial score (nSPS) is 16.6. The van der Waals surface area contributed by atoms with Gasteiger partial charge in [0.2, 0.25) is 0 Å². The van der Waals surface area contributed by atoms with Crippen LogP contribution in [0.4, 0.5) is 4.39 Å². The molecule has 0 amide bonds. The van der Waals surface area contributed by atoms with Gasteiger partial charge in [-0.05, 0) is 44.4 Å². The number of nitrogens with zero attached hydrogens (tertiary/aromatic N) is 1. The highest BCUT2D eigenvalue weighted by Crippen LogP contribution is 2.47. The first kappa shape index (κ1) is 17.2. The highest BCUT2D eigenvalue weighted by molar-refractivity contribution is 14.0. The lowest BCUT2D eigenvalue weighted by Crippen LogP contribution is -2.43. The summed E-state index contributed by atoms with van der Waals surface area (Å²) in [5.41, 5.74) is 1.16. The van der Waals surface area contributed by atoms with Crippen molar-refractivity contribution < 1.29 is 4.39 Å². The van der Waals surface area contributed by atoms with Crippen molar-refractivity contribution in [3.05, 3.63) is 35.6 Å². The topological polar surface area (TPSA) is 36.4 Å². The van der Waals surface area contributed by atoms with E-state index in [9.17, 15) is 4.39 Å². The molecule has 1 aliphatic carbocycles. The van der Waals surface area contributed by atoms with E-state index in [2.05, 4.69) is 29.5 Å². The Labute approximate surface area is 137 Å². The largest absolute Gasteiger partial charge is 0.356 e. The van der Waals surface area contributed by atoms with Crippen LogP contribution in [0.5, 0.6) is 0 Å². The van der Waals surface area contributed by atoms with Crippen LogP contribution in [0.2, 0.25) is 0 Å². The monoisotopic (exact) mass is 391 g/mol. The Morgan fingerprint density at radius 2 is 2.10 bits per heavy atom. The van der Waals surface area contributed by atoms with Gasteiger partial charge in [-0.3, -0.25) is 4.99 Å². The summed E-state index contributed by atoms with van der Waals surface area (Å²) in [5.74, 6) is 0.645. The first-order chi connectivity index (χ1) is 9.05. The SMILES string of the molecule is CN=C(NCC1(c2cccc(F)c2)CC1)NC(C)C.I. The molecule has 3 nitrogen and oxygen atoms in total. The zero-order chi connectivity index (χ0) is 13.9. The van der Waals surface area contributed by atoms with Crippen molar-refractivity contribution in [3.63, 3.8) is 0 Å². The molecular weight excluding hydrogens is 368 g/mol. The summed E-state index contributed by atoms with van der Waals surface area (Å²) in [6.07, 6.45) is 2.20. The van der Waals surface area contributed by atoms with E-state index in [0.717, 1.165) is 30.9 Å². The summed E-state index contributed by atoms with van der Waals surface area (Å²) < 4.78 is 13.3. The molecule has 0 atom stereocenters. The summed E-state index contributed by atoms with van der Waals surface area (Å²) >= 11 is 0. The first-order valence-electron chi connectivity index (χ1n) is 6.79. The van der Waals surface area contributed by atoms with E-state index < -0.39 is 0 Å². The van der Waals surface area contributed by atoms with Gasteiger partial charge in [-0.1, -0.05) is 12.1 Å². The van der Waals surface area contributed by atoms with E-state index in [-0.39, 0.29) is 35.2 Å². The third kappa shape index (κ3) is 4.33. The van der Waals surface area contributed by atoms with Crippen molar-refractivity contribution in [1.29, 1.82) is 0 Å². The van der Waals surface area contributed by atoms with Gasteiger partial charge in [0.25, 0.3) is 0 Å². The molecule has 0 heterocycles. The summed E-state index contributed by atoms with van der Waals surface area (Å²) in [5, 5.41) is 6.60. The zero-order valence-electron chi connectivity index (χ0n) is 12.2. The molecule has 1 aromatic rings. The van der Waals surface area contributed by atoms with E-state index in [1.807, 2.05) is 6.07 Å². The van der Waals surface area contributed by atoms with Crippen LogP contribution in [0.1, 0.15) is 32.3 Å². The Morgan fingerprint density at radius 3 is 2.60 bits per heavy atom. The van der Waals surface area contributed by atoms with Crippen LogP contribution in [0.15, 0.2) is 29.3 Å².